The standard InChI is InChI=1S/C20H19Br2NO4/c21-16-9-12(4-7-18(24)25)10-17(22)19(16)27-11-13-2-1-3-15(8-13)23-20(26)14-5-6-14/h1-3,8-10,14H,4-7,11H2,(H,23,26)(H,24,25). The van der Waals surface area contributed by atoms with Gasteiger partial charge >= 0.3 is 5.97 Å². The highest BCUT2D eigenvalue weighted by Gasteiger charge is 2.29. The number of carboxylic acids is 1. The fraction of sp³-hybridized carbons (Fsp3) is 0.300. The fourth-order valence-electron chi connectivity index (χ4n) is 2.63. The molecule has 0 aromatic heterocycles. The number of amides is 1. The predicted octanol–water partition coefficient (Wildman–Crippen LogP) is 5.16. The minimum absolute atomic E-state index is 0.0792. The third-order valence-corrected chi connectivity index (χ3v) is 5.39. The van der Waals surface area contributed by atoms with Gasteiger partial charge in [0.15, 0.2) is 0 Å². The average Bonchev–Trinajstić information content (AvgIpc) is 3.45. The van der Waals surface area contributed by atoms with Crippen LogP contribution in [0.4, 0.5) is 5.69 Å². The minimum atomic E-state index is -0.823. The van der Waals surface area contributed by atoms with Gasteiger partial charge in [-0.3, -0.25) is 9.59 Å². The number of benzene rings is 2. The van der Waals surface area contributed by atoms with Crippen LogP contribution in [0.3, 0.4) is 0 Å². The van der Waals surface area contributed by atoms with E-state index < -0.39 is 5.97 Å². The van der Waals surface area contributed by atoms with Crippen LogP contribution in [0.1, 0.15) is 30.4 Å². The summed E-state index contributed by atoms with van der Waals surface area (Å²) in [7, 11) is 0. The number of carbonyl (C=O) groups excluding carboxylic acids is 1. The molecule has 7 heteroatoms. The number of halogens is 2. The van der Waals surface area contributed by atoms with Crippen molar-refractivity contribution < 1.29 is 19.4 Å². The minimum Gasteiger partial charge on any atom is -0.487 e. The van der Waals surface area contributed by atoms with E-state index in [1.165, 1.54) is 0 Å². The Morgan fingerprint density at radius 1 is 1.11 bits per heavy atom. The van der Waals surface area contributed by atoms with Gasteiger partial charge in [-0.1, -0.05) is 12.1 Å². The van der Waals surface area contributed by atoms with E-state index in [0.29, 0.717) is 18.8 Å². The number of rotatable bonds is 8. The van der Waals surface area contributed by atoms with E-state index in [4.69, 9.17) is 9.84 Å². The SMILES string of the molecule is O=C(O)CCc1cc(Br)c(OCc2cccc(NC(=O)C3CC3)c2)c(Br)c1. The molecule has 2 aromatic rings. The Morgan fingerprint density at radius 2 is 1.81 bits per heavy atom. The lowest BCUT2D eigenvalue weighted by Gasteiger charge is -2.13. The number of aliphatic carboxylic acids is 1. The van der Waals surface area contributed by atoms with Crippen molar-refractivity contribution in [2.24, 2.45) is 5.92 Å². The molecule has 0 heterocycles. The van der Waals surface area contributed by atoms with E-state index >= 15 is 0 Å². The lowest BCUT2D eigenvalue weighted by Crippen LogP contribution is -2.13. The van der Waals surface area contributed by atoms with Crippen molar-refractivity contribution in [3.8, 4) is 5.75 Å². The first kappa shape index (κ1) is 19.9. The van der Waals surface area contributed by atoms with Crippen LogP contribution in [-0.2, 0) is 22.6 Å². The van der Waals surface area contributed by atoms with Crippen LogP contribution >= 0.6 is 31.9 Å². The summed E-state index contributed by atoms with van der Waals surface area (Å²) in [4.78, 5) is 22.6. The van der Waals surface area contributed by atoms with E-state index in [1.54, 1.807) is 0 Å². The fourth-order valence-corrected chi connectivity index (χ4v) is 4.14. The summed E-state index contributed by atoms with van der Waals surface area (Å²) < 4.78 is 7.45. The molecular weight excluding hydrogens is 478 g/mol. The third kappa shape index (κ3) is 5.81. The number of nitrogens with one attached hydrogen (secondary N) is 1. The molecule has 1 fully saturated rings. The molecule has 0 aliphatic heterocycles. The Bertz CT molecular complexity index is 842. The second kappa shape index (κ2) is 8.89. The van der Waals surface area contributed by atoms with Crippen molar-refractivity contribution in [3.63, 3.8) is 0 Å². The summed E-state index contributed by atoms with van der Waals surface area (Å²) in [5.74, 6) is 0.0738. The van der Waals surface area contributed by atoms with Crippen molar-refractivity contribution in [1.82, 2.24) is 0 Å². The van der Waals surface area contributed by atoms with Gasteiger partial charge in [-0.2, -0.15) is 0 Å². The van der Waals surface area contributed by atoms with Gasteiger partial charge in [0.2, 0.25) is 5.91 Å². The lowest BCUT2D eigenvalue weighted by molar-refractivity contribution is -0.137. The molecule has 142 valence electrons. The Morgan fingerprint density at radius 3 is 2.44 bits per heavy atom. The van der Waals surface area contributed by atoms with Gasteiger partial charge in [0.05, 0.1) is 8.95 Å². The Kier molecular flexibility index (Phi) is 6.55. The van der Waals surface area contributed by atoms with Gasteiger partial charge < -0.3 is 15.2 Å². The molecule has 1 aliphatic rings. The second-order valence-electron chi connectivity index (χ2n) is 6.53. The Hall–Kier alpha value is -1.86. The monoisotopic (exact) mass is 495 g/mol. The van der Waals surface area contributed by atoms with Gasteiger partial charge in [0.25, 0.3) is 0 Å². The molecule has 0 saturated heterocycles. The topological polar surface area (TPSA) is 75.6 Å². The maximum atomic E-state index is 11.9. The van der Waals surface area contributed by atoms with Crippen molar-refractivity contribution >= 4 is 49.4 Å². The van der Waals surface area contributed by atoms with Crippen LogP contribution < -0.4 is 10.1 Å². The van der Waals surface area contributed by atoms with Gasteiger partial charge in [0.1, 0.15) is 12.4 Å². The first-order valence-corrected chi connectivity index (χ1v) is 10.2. The van der Waals surface area contributed by atoms with Crippen molar-refractivity contribution in [2.45, 2.75) is 32.3 Å². The molecular formula is C20H19Br2NO4. The molecule has 2 aromatic carbocycles. The molecule has 1 saturated carbocycles. The van der Waals surface area contributed by atoms with Crippen LogP contribution in [0.2, 0.25) is 0 Å². The Balaban J connectivity index is 1.64. The molecule has 0 atom stereocenters. The first-order valence-electron chi connectivity index (χ1n) is 8.64. The van der Waals surface area contributed by atoms with Gasteiger partial charge in [0, 0.05) is 18.0 Å². The van der Waals surface area contributed by atoms with Crippen LogP contribution in [-0.4, -0.2) is 17.0 Å². The highest BCUT2D eigenvalue weighted by atomic mass is 79.9. The summed E-state index contributed by atoms with van der Waals surface area (Å²) in [5.41, 5.74) is 2.63. The largest absolute Gasteiger partial charge is 0.487 e. The average molecular weight is 497 g/mol. The lowest BCUT2D eigenvalue weighted by atomic mass is 10.1. The number of ether oxygens (including phenoxy) is 1. The van der Waals surface area contributed by atoms with Gasteiger partial charge in [-0.15, -0.1) is 0 Å². The predicted molar refractivity (Wildman–Crippen MR) is 110 cm³/mol. The molecule has 3 rings (SSSR count). The van der Waals surface area contributed by atoms with E-state index in [0.717, 1.165) is 38.6 Å². The molecule has 1 amide bonds. The second-order valence-corrected chi connectivity index (χ2v) is 8.24. The molecule has 0 unspecified atom stereocenters. The highest BCUT2D eigenvalue weighted by Crippen LogP contribution is 2.36. The van der Waals surface area contributed by atoms with E-state index in [1.807, 2.05) is 36.4 Å². The zero-order valence-corrected chi connectivity index (χ0v) is 17.7. The zero-order valence-electron chi connectivity index (χ0n) is 14.5. The quantitative estimate of drug-likeness (QED) is 0.529. The summed E-state index contributed by atoms with van der Waals surface area (Å²) in [5, 5.41) is 11.7. The normalized spacial score (nSPS) is 13.3. The number of hydrogen-bond acceptors (Lipinski definition) is 3. The highest BCUT2D eigenvalue weighted by molar-refractivity contribution is 9.11. The van der Waals surface area contributed by atoms with Crippen LogP contribution in [0, 0.1) is 5.92 Å². The van der Waals surface area contributed by atoms with Crippen LogP contribution in [0.15, 0.2) is 45.3 Å². The zero-order chi connectivity index (χ0) is 19.4. The molecule has 5 nitrogen and oxygen atoms in total. The number of anilines is 1. The van der Waals surface area contributed by atoms with E-state index in [2.05, 4.69) is 37.2 Å². The van der Waals surface area contributed by atoms with Crippen LogP contribution in [0.25, 0.3) is 0 Å². The molecule has 0 spiro atoms. The summed E-state index contributed by atoms with van der Waals surface area (Å²) >= 11 is 6.98. The molecule has 1 aliphatic carbocycles. The van der Waals surface area contributed by atoms with Crippen molar-refractivity contribution in [3.05, 3.63) is 56.5 Å². The first-order chi connectivity index (χ1) is 12.9. The molecule has 0 bridgehead atoms. The van der Waals surface area contributed by atoms with Gasteiger partial charge in [-0.05, 0) is 86.5 Å². The molecule has 27 heavy (non-hydrogen) atoms. The van der Waals surface area contributed by atoms with Gasteiger partial charge in [-0.25, -0.2) is 0 Å². The number of carbonyl (C=O) groups is 2. The number of hydrogen-bond donors (Lipinski definition) is 2. The van der Waals surface area contributed by atoms with Crippen molar-refractivity contribution in [1.29, 1.82) is 0 Å². The van der Waals surface area contributed by atoms with E-state index in [9.17, 15) is 9.59 Å². The maximum absolute atomic E-state index is 11.9. The number of aryl methyl sites for hydroxylation is 1. The Labute approximate surface area is 174 Å². The molecule has 2 N–H and O–H groups in total. The van der Waals surface area contributed by atoms with Crippen molar-refractivity contribution in [2.75, 3.05) is 5.32 Å². The summed E-state index contributed by atoms with van der Waals surface area (Å²) in [6, 6.07) is 11.3. The summed E-state index contributed by atoms with van der Waals surface area (Å²) in [6.07, 6.45) is 2.48. The molecule has 0 radical (unpaired) electrons. The number of carboxylic acid groups (broad SMARTS) is 1. The third-order valence-electron chi connectivity index (χ3n) is 4.21. The van der Waals surface area contributed by atoms with Crippen LogP contribution in [0.5, 0.6) is 5.75 Å². The smallest absolute Gasteiger partial charge is 0.303 e. The van der Waals surface area contributed by atoms with E-state index in [-0.39, 0.29) is 18.2 Å². The maximum Gasteiger partial charge on any atom is 0.303 e. The summed E-state index contributed by atoms with van der Waals surface area (Å²) in [6.45, 7) is 0.346.